The van der Waals surface area contributed by atoms with Crippen LogP contribution in [0.3, 0.4) is 0 Å². The van der Waals surface area contributed by atoms with Gasteiger partial charge in [-0.05, 0) is 31.9 Å². The molecule has 1 atom stereocenters. The van der Waals surface area contributed by atoms with E-state index in [2.05, 4.69) is 15.9 Å². The molecule has 102 valence electrons. The molecule has 0 aromatic heterocycles. The maximum absolute atomic E-state index is 11.7. The topological polar surface area (TPSA) is 57.6 Å². The largest absolute Gasteiger partial charge is 0.479 e. The lowest BCUT2D eigenvalue weighted by Crippen LogP contribution is -2.50. The lowest BCUT2D eigenvalue weighted by molar-refractivity contribution is -0.155. The molecule has 0 spiro atoms. The molecule has 1 fully saturated rings. The van der Waals surface area contributed by atoms with Crippen LogP contribution >= 0.6 is 27.5 Å². The van der Waals surface area contributed by atoms with Crippen molar-refractivity contribution in [2.45, 2.75) is 31.3 Å². The summed E-state index contributed by atoms with van der Waals surface area (Å²) >= 11 is 9.43. The van der Waals surface area contributed by atoms with E-state index in [1.807, 2.05) is 0 Å². The number of hydrogen-bond acceptors (Lipinski definition) is 2. The first kappa shape index (κ1) is 14.3. The third kappa shape index (κ3) is 2.49. The number of halogens is 2. The van der Waals surface area contributed by atoms with Crippen molar-refractivity contribution in [1.29, 1.82) is 0 Å². The molecule has 0 saturated heterocycles. The summed E-state index contributed by atoms with van der Waals surface area (Å²) in [6.45, 7) is 1.51. The molecular weight excluding hydrogens is 334 g/mol. The summed E-state index contributed by atoms with van der Waals surface area (Å²) in [4.78, 5) is 24.4. The lowest BCUT2D eigenvalue weighted by atomic mass is 9.90. The van der Waals surface area contributed by atoms with E-state index in [0.717, 1.165) is 17.3 Å². The Morgan fingerprint density at radius 1 is 1.58 bits per heavy atom. The first-order chi connectivity index (χ1) is 8.91. The maximum atomic E-state index is 11.7. The summed E-state index contributed by atoms with van der Waals surface area (Å²) in [6.07, 6.45) is 2.26. The van der Waals surface area contributed by atoms with Gasteiger partial charge in [0.2, 0.25) is 6.41 Å². The molecule has 1 unspecified atom stereocenters. The first-order valence-corrected chi connectivity index (χ1v) is 7.01. The van der Waals surface area contributed by atoms with Crippen molar-refractivity contribution in [3.8, 4) is 0 Å². The van der Waals surface area contributed by atoms with Crippen molar-refractivity contribution in [3.63, 3.8) is 0 Å². The molecular formula is C13H13BrClNO3. The van der Waals surface area contributed by atoms with Crippen LogP contribution < -0.4 is 0 Å². The molecule has 1 aromatic carbocycles. The zero-order valence-electron chi connectivity index (χ0n) is 10.3. The number of amides is 1. The van der Waals surface area contributed by atoms with Gasteiger partial charge in [-0.1, -0.05) is 33.6 Å². The zero-order chi connectivity index (χ0) is 14.2. The molecule has 19 heavy (non-hydrogen) atoms. The fourth-order valence-electron chi connectivity index (χ4n) is 2.16. The molecule has 1 N–H and O–H groups in total. The van der Waals surface area contributed by atoms with Gasteiger partial charge < -0.3 is 10.0 Å². The van der Waals surface area contributed by atoms with E-state index in [4.69, 9.17) is 11.6 Å². The van der Waals surface area contributed by atoms with Gasteiger partial charge in [0.25, 0.3) is 0 Å². The Bertz CT molecular complexity index is 533. The number of nitrogens with zero attached hydrogens (tertiary/aromatic N) is 1. The van der Waals surface area contributed by atoms with Crippen LogP contribution in [0.15, 0.2) is 22.7 Å². The molecule has 0 aliphatic heterocycles. The van der Waals surface area contributed by atoms with Gasteiger partial charge in [0.15, 0.2) is 5.54 Å². The summed E-state index contributed by atoms with van der Waals surface area (Å²) in [5.74, 6) is -1.09. The Balaban J connectivity index is 2.54. The fraction of sp³-hybridized carbons (Fsp3) is 0.385. The first-order valence-electron chi connectivity index (χ1n) is 5.84. The van der Waals surface area contributed by atoms with E-state index < -0.39 is 11.5 Å². The highest BCUT2D eigenvalue weighted by molar-refractivity contribution is 9.10. The minimum absolute atomic E-state index is 0.0155. The van der Waals surface area contributed by atoms with E-state index in [0.29, 0.717) is 17.0 Å². The van der Waals surface area contributed by atoms with E-state index in [-0.39, 0.29) is 6.04 Å². The standard InChI is InChI=1S/C13H13BrClNO3/c1-13(12(18)19,16(7-17)9-3-4-9)10-5-2-8(14)6-11(10)15/h2,5-7,9H,3-4H2,1H3,(H,18,19). The van der Waals surface area contributed by atoms with Crippen molar-refractivity contribution in [3.05, 3.63) is 33.3 Å². The number of benzene rings is 1. The van der Waals surface area contributed by atoms with Crippen LogP contribution in [0, 0.1) is 0 Å². The smallest absolute Gasteiger partial charge is 0.334 e. The average molecular weight is 347 g/mol. The quantitative estimate of drug-likeness (QED) is 0.834. The molecule has 2 rings (SSSR count). The van der Waals surface area contributed by atoms with Crippen molar-refractivity contribution in [2.24, 2.45) is 0 Å². The van der Waals surface area contributed by atoms with Gasteiger partial charge in [-0.3, -0.25) is 4.79 Å². The molecule has 0 heterocycles. The zero-order valence-corrected chi connectivity index (χ0v) is 12.6. The second-order valence-corrected chi connectivity index (χ2v) is 6.07. The van der Waals surface area contributed by atoms with Crippen molar-refractivity contribution >= 4 is 39.9 Å². The van der Waals surface area contributed by atoms with Crippen LogP contribution in [0.25, 0.3) is 0 Å². The average Bonchev–Trinajstić information content (AvgIpc) is 3.13. The number of carbonyl (C=O) groups is 2. The van der Waals surface area contributed by atoms with Gasteiger partial charge in [-0.15, -0.1) is 0 Å². The number of hydrogen-bond donors (Lipinski definition) is 1. The number of rotatable bonds is 5. The lowest BCUT2D eigenvalue weighted by Gasteiger charge is -2.36. The molecule has 1 aliphatic carbocycles. The monoisotopic (exact) mass is 345 g/mol. The molecule has 1 aromatic rings. The van der Waals surface area contributed by atoms with E-state index >= 15 is 0 Å². The van der Waals surface area contributed by atoms with Gasteiger partial charge >= 0.3 is 5.97 Å². The number of carboxylic acid groups (broad SMARTS) is 1. The Morgan fingerprint density at radius 3 is 2.63 bits per heavy atom. The Labute approximate surface area is 124 Å². The molecule has 6 heteroatoms. The van der Waals surface area contributed by atoms with Crippen LogP contribution in [-0.2, 0) is 15.1 Å². The second-order valence-electron chi connectivity index (χ2n) is 4.75. The van der Waals surface area contributed by atoms with Crippen LogP contribution in [0.5, 0.6) is 0 Å². The van der Waals surface area contributed by atoms with Crippen LogP contribution in [0.4, 0.5) is 0 Å². The van der Waals surface area contributed by atoms with Crippen molar-refractivity contribution < 1.29 is 14.7 Å². The van der Waals surface area contributed by atoms with Gasteiger partial charge in [-0.25, -0.2) is 4.79 Å². The van der Waals surface area contributed by atoms with E-state index in [9.17, 15) is 14.7 Å². The Kier molecular flexibility index (Phi) is 3.87. The number of carboxylic acids is 1. The predicted octanol–water partition coefficient (Wildman–Crippen LogP) is 3.02. The second kappa shape index (κ2) is 5.13. The number of carbonyl (C=O) groups excluding carboxylic acids is 1. The van der Waals surface area contributed by atoms with Crippen LogP contribution in [-0.4, -0.2) is 28.4 Å². The Hall–Kier alpha value is -1.07. The summed E-state index contributed by atoms with van der Waals surface area (Å²) in [5.41, 5.74) is -1.02. The summed E-state index contributed by atoms with van der Waals surface area (Å²) in [6, 6.07) is 4.98. The maximum Gasteiger partial charge on any atom is 0.334 e. The summed E-state index contributed by atoms with van der Waals surface area (Å²) < 4.78 is 0.762. The third-order valence-corrected chi connectivity index (χ3v) is 4.25. The normalized spacial score (nSPS) is 17.6. The molecule has 1 amide bonds. The fourth-order valence-corrected chi connectivity index (χ4v) is 3.02. The van der Waals surface area contributed by atoms with Crippen LogP contribution in [0.1, 0.15) is 25.3 Å². The molecule has 0 bridgehead atoms. The third-order valence-electron chi connectivity index (χ3n) is 3.44. The molecule has 1 aliphatic rings. The highest BCUT2D eigenvalue weighted by Crippen LogP contribution is 2.40. The summed E-state index contributed by atoms with van der Waals surface area (Å²) in [7, 11) is 0. The Morgan fingerprint density at radius 2 is 2.21 bits per heavy atom. The van der Waals surface area contributed by atoms with E-state index in [1.165, 1.54) is 11.8 Å². The van der Waals surface area contributed by atoms with Crippen molar-refractivity contribution in [1.82, 2.24) is 4.90 Å². The minimum atomic E-state index is -1.44. The summed E-state index contributed by atoms with van der Waals surface area (Å²) in [5, 5.41) is 9.91. The molecule has 1 saturated carbocycles. The van der Waals surface area contributed by atoms with Gasteiger partial charge in [-0.2, -0.15) is 0 Å². The van der Waals surface area contributed by atoms with Gasteiger partial charge in [0, 0.05) is 21.1 Å². The highest BCUT2D eigenvalue weighted by Gasteiger charge is 2.48. The van der Waals surface area contributed by atoms with Crippen molar-refractivity contribution in [2.75, 3.05) is 0 Å². The van der Waals surface area contributed by atoms with Gasteiger partial charge in [0.1, 0.15) is 0 Å². The number of aliphatic carboxylic acids is 1. The highest BCUT2D eigenvalue weighted by atomic mass is 79.9. The predicted molar refractivity (Wildman–Crippen MR) is 75.1 cm³/mol. The van der Waals surface area contributed by atoms with Crippen LogP contribution in [0.2, 0.25) is 5.02 Å². The minimum Gasteiger partial charge on any atom is -0.479 e. The molecule has 0 radical (unpaired) electrons. The van der Waals surface area contributed by atoms with Gasteiger partial charge in [0.05, 0.1) is 0 Å². The SMILES string of the molecule is CC(C(=O)O)(c1ccc(Br)cc1Cl)N(C=O)C1CC1. The molecule has 4 nitrogen and oxygen atoms in total. The van der Waals surface area contributed by atoms with E-state index in [1.54, 1.807) is 18.2 Å².